The zero-order valence-corrected chi connectivity index (χ0v) is 21.9. The first-order valence-electron chi connectivity index (χ1n) is 9.99. The highest BCUT2D eigenvalue weighted by Crippen LogP contribution is 2.34. The molecule has 0 spiro atoms. The van der Waals surface area contributed by atoms with Crippen molar-refractivity contribution in [2.75, 3.05) is 0 Å². The van der Waals surface area contributed by atoms with E-state index in [0.29, 0.717) is 12.1 Å². The molecule has 206 valence electrons. The van der Waals surface area contributed by atoms with Crippen molar-refractivity contribution in [2.24, 2.45) is 0 Å². The quantitative estimate of drug-likeness (QED) is 0.134. The highest BCUT2D eigenvalue weighted by molar-refractivity contribution is 6.42. The molecule has 2 N–H and O–H groups in total. The summed E-state index contributed by atoms with van der Waals surface area (Å²) in [4.78, 5) is 22.7. The van der Waals surface area contributed by atoms with Crippen molar-refractivity contribution in [3.05, 3.63) is 119 Å². The zero-order valence-electron chi connectivity index (χ0n) is 18.8. The summed E-state index contributed by atoms with van der Waals surface area (Å²) < 4.78 is 43.2. The molecule has 1 atom stereocenters. The van der Waals surface area contributed by atoms with E-state index in [1.54, 1.807) is 6.20 Å². The van der Waals surface area contributed by atoms with E-state index in [0.717, 1.165) is 24.3 Å². The molecule has 3 aromatic rings. The van der Waals surface area contributed by atoms with E-state index in [2.05, 4.69) is 10.3 Å². The van der Waals surface area contributed by atoms with Crippen molar-refractivity contribution in [3.8, 4) is 11.5 Å². The Bertz CT molecular complexity index is 1440. The van der Waals surface area contributed by atoms with Gasteiger partial charge in [0.05, 0.1) is 27.0 Å². The summed E-state index contributed by atoms with van der Waals surface area (Å²) in [6, 6.07) is 6.57. The second-order valence-corrected chi connectivity index (χ2v) is 8.37. The monoisotopic (exact) mass is 626 g/mol. The van der Waals surface area contributed by atoms with Crippen LogP contribution in [0.15, 0.2) is 71.1 Å². The van der Waals surface area contributed by atoms with Gasteiger partial charge < -0.3 is 15.2 Å². The van der Waals surface area contributed by atoms with Gasteiger partial charge in [-0.15, -0.1) is 0 Å². The Morgan fingerprint density at radius 1 is 0.872 bits per heavy atom. The van der Waals surface area contributed by atoms with Gasteiger partial charge in [-0.2, -0.15) is 0 Å². The predicted octanol–water partition coefficient (Wildman–Crippen LogP) is 7.21. The number of hydrogen-bond donors (Lipinski definition) is 2. The van der Waals surface area contributed by atoms with Gasteiger partial charge >= 0.3 is 0 Å². The van der Waals surface area contributed by atoms with Crippen molar-refractivity contribution >= 4 is 57.8 Å². The van der Waals surface area contributed by atoms with E-state index in [1.807, 2.05) is 0 Å². The van der Waals surface area contributed by atoms with Crippen LogP contribution in [0.25, 0.3) is 0 Å². The van der Waals surface area contributed by atoms with Crippen LogP contribution in [0.2, 0.25) is 10.2 Å². The summed E-state index contributed by atoms with van der Waals surface area (Å²) >= 11 is 22.5. The molecule has 0 bridgehead atoms. The third-order valence-corrected chi connectivity index (χ3v) is 5.80. The third kappa shape index (κ3) is 9.26. The molecule has 1 aliphatic rings. The highest BCUT2D eigenvalue weighted by Gasteiger charge is 2.15. The highest BCUT2D eigenvalue weighted by atomic mass is 35.5. The molecule has 0 radical (unpaired) electrons. The Morgan fingerprint density at radius 2 is 1.46 bits per heavy atom. The molecule has 0 saturated heterocycles. The van der Waals surface area contributed by atoms with Gasteiger partial charge in [-0.25, -0.2) is 18.2 Å². The zero-order chi connectivity index (χ0) is 29.3. The third-order valence-electron chi connectivity index (χ3n) is 4.23. The van der Waals surface area contributed by atoms with E-state index in [9.17, 15) is 33.4 Å². The summed E-state index contributed by atoms with van der Waals surface area (Å²) in [5.74, 6) is -3.27. The number of rotatable bonds is 4. The number of nitrogens with zero attached hydrogens (tertiary/aromatic N) is 3. The molecule has 1 aromatic heterocycles. The summed E-state index contributed by atoms with van der Waals surface area (Å²) in [5.41, 5.74) is -0.826. The first kappa shape index (κ1) is 31.6. The number of hydrogen-bond acceptors (Lipinski definition) is 8. The number of pyridine rings is 1. The van der Waals surface area contributed by atoms with Gasteiger partial charge in [-0.05, 0) is 18.2 Å². The average molecular weight is 628 g/mol. The van der Waals surface area contributed by atoms with Crippen molar-refractivity contribution in [1.29, 1.82) is 0 Å². The topological polar surface area (TPSA) is 141 Å². The van der Waals surface area contributed by atoms with E-state index in [1.165, 1.54) is 18.3 Å². The van der Waals surface area contributed by atoms with Gasteiger partial charge in [-0.1, -0.05) is 46.4 Å². The molecule has 0 amide bonds. The van der Waals surface area contributed by atoms with Gasteiger partial charge in [0.25, 0.3) is 11.4 Å². The van der Waals surface area contributed by atoms with Gasteiger partial charge in [0, 0.05) is 30.6 Å². The smallest absolute Gasteiger partial charge is 0.272 e. The number of aliphatic hydroxyl groups excluding tert-OH is 1. The standard InChI is InChI=1S/C11H5Cl2FN2O3.C6H3F2NO2.C5H5Cl2NO/c12-10-9(3-4-15-11(10)13)19-8-2-1-6(16(17)18)5-7(8)14;7-5-2-1-4(9(10)11)3-6(5)8;6-4-3(9)1-2-8-5(4)7/h1-5H;1-3H;1-3,8-9H. The first-order chi connectivity index (χ1) is 18.3. The first-order valence-corrected chi connectivity index (χ1v) is 11.5. The number of aliphatic hydroxyl groups is 1. The van der Waals surface area contributed by atoms with Crippen molar-refractivity contribution in [3.63, 3.8) is 0 Å². The Kier molecular flexibility index (Phi) is 11.8. The van der Waals surface area contributed by atoms with E-state index >= 15 is 0 Å². The van der Waals surface area contributed by atoms with E-state index in [4.69, 9.17) is 56.2 Å². The second-order valence-electron chi connectivity index (χ2n) is 6.85. The largest absolute Gasteiger partial charge is 0.453 e. The predicted molar refractivity (Wildman–Crippen MR) is 137 cm³/mol. The molecular weight excluding hydrogens is 615 g/mol. The van der Waals surface area contributed by atoms with Crippen LogP contribution in [0.1, 0.15) is 0 Å². The Balaban J connectivity index is 0.000000226. The minimum atomic E-state index is -1.21. The molecule has 1 unspecified atom stereocenters. The fourth-order valence-electron chi connectivity index (χ4n) is 2.38. The summed E-state index contributed by atoms with van der Waals surface area (Å²) in [6.07, 6.45) is 3.64. The van der Waals surface area contributed by atoms with Crippen molar-refractivity contribution in [2.45, 2.75) is 6.10 Å². The van der Waals surface area contributed by atoms with E-state index < -0.39 is 39.1 Å². The molecule has 10 nitrogen and oxygen atoms in total. The number of halogens is 7. The molecule has 4 rings (SSSR count). The summed E-state index contributed by atoms with van der Waals surface area (Å²) in [5, 5.41) is 32.6. The van der Waals surface area contributed by atoms with Crippen LogP contribution in [0.4, 0.5) is 24.5 Å². The number of nitro groups is 2. The molecule has 0 saturated carbocycles. The average Bonchev–Trinajstić information content (AvgIpc) is 2.88. The van der Waals surface area contributed by atoms with Crippen LogP contribution in [-0.2, 0) is 0 Å². The fraction of sp³-hybridized carbons (Fsp3) is 0.0455. The van der Waals surface area contributed by atoms with Crippen LogP contribution in [0, 0.1) is 37.7 Å². The maximum atomic E-state index is 13.6. The molecular formula is C22H13Cl4F3N4O6. The Labute approximate surface area is 237 Å². The lowest BCUT2D eigenvalue weighted by molar-refractivity contribution is -0.385. The van der Waals surface area contributed by atoms with E-state index in [-0.39, 0.29) is 37.6 Å². The number of nitrogens with one attached hydrogen (secondary N) is 1. The summed E-state index contributed by atoms with van der Waals surface area (Å²) in [6.45, 7) is 0. The van der Waals surface area contributed by atoms with Crippen molar-refractivity contribution < 1.29 is 32.9 Å². The van der Waals surface area contributed by atoms with Crippen LogP contribution in [0.3, 0.4) is 0 Å². The molecule has 17 heteroatoms. The fourth-order valence-corrected chi connectivity index (χ4v) is 2.98. The SMILES string of the molecule is O=[N+]([O-])c1ccc(F)c(F)c1.O=[N+]([O-])c1ccc(Oc2ccnc(Cl)c2Cl)c(F)c1.OC1C=CNC(Cl)=C1Cl. The number of non-ortho nitro benzene ring substituents is 2. The maximum absolute atomic E-state index is 13.6. The minimum absolute atomic E-state index is 0.0153. The molecule has 0 aliphatic carbocycles. The lowest BCUT2D eigenvalue weighted by atomic mass is 10.3. The Morgan fingerprint density at radius 3 is 1.97 bits per heavy atom. The van der Waals surface area contributed by atoms with Gasteiger partial charge in [0.15, 0.2) is 34.1 Å². The van der Waals surface area contributed by atoms with Crippen LogP contribution < -0.4 is 10.1 Å². The lowest BCUT2D eigenvalue weighted by Gasteiger charge is -2.11. The van der Waals surface area contributed by atoms with Crippen LogP contribution in [0.5, 0.6) is 11.5 Å². The summed E-state index contributed by atoms with van der Waals surface area (Å²) in [7, 11) is 0. The maximum Gasteiger partial charge on any atom is 0.272 e. The molecule has 2 aromatic carbocycles. The number of nitro benzene ring substituents is 2. The molecule has 0 fully saturated rings. The molecule has 2 heterocycles. The number of ether oxygens (including phenoxy) is 1. The number of benzene rings is 2. The molecule has 39 heavy (non-hydrogen) atoms. The van der Waals surface area contributed by atoms with Gasteiger partial charge in [0.2, 0.25) is 0 Å². The minimum Gasteiger partial charge on any atom is -0.453 e. The number of dihydropyridines is 1. The van der Waals surface area contributed by atoms with Crippen LogP contribution in [-0.4, -0.2) is 26.0 Å². The second kappa shape index (κ2) is 14.5. The van der Waals surface area contributed by atoms with Crippen LogP contribution >= 0.6 is 46.4 Å². The van der Waals surface area contributed by atoms with Gasteiger partial charge in [-0.3, -0.25) is 20.2 Å². The van der Waals surface area contributed by atoms with Gasteiger partial charge in [0.1, 0.15) is 16.3 Å². The normalized spacial score (nSPS) is 13.8. The van der Waals surface area contributed by atoms with Crippen molar-refractivity contribution in [1.82, 2.24) is 10.3 Å². The lowest BCUT2D eigenvalue weighted by Crippen LogP contribution is -2.15. The number of aromatic nitrogens is 1. The molecule has 1 aliphatic heterocycles. The Hall–Kier alpha value is -3.62.